The summed E-state index contributed by atoms with van der Waals surface area (Å²) in [5.74, 6) is -3.28. The van der Waals surface area contributed by atoms with Crippen molar-refractivity contribution in [1.29, 1.82) is 0 Å². The second-order valence-corrected chi connectivity index (χ2v) is 10.3. The number of rotatable bonds is 0. The molecule has 7 rings (SSSR count). The van der Waals surface area contributed by atoms with Crippen LogP contribution in [0.15, 0.2) is 0 Å². The van der Waals surface area contributed by atoms with Crippen LogP contribution in [0.25, 0.3) is 0 Å². The molecule has 0 aromatic carbocycles. The zero-order valence-corrected chi connectivity index (χ0v) is 15.2. The highest BCUT2D eigenvalue weighted by Gasteiger charge is 2.78. The van der Waals surface area contributed by atoms with Crippen LogP contribution in [0, 0.1) is 58.2 Å². The van der Waals surface area contributed by atoms with Crippen molar-refractivity contribution in [3.05, 3.63) is 0 Å². The van der Waals surface area contributed by atoms with Crippen LogP contribution in [-0.2, 0) is 33.4 Å². The molecular weight excluding hydrogens is 364 g/mol. The molecule has 0 amide bonds. The van der Waals surface area contributed by atoms with Crippen molar-refractivity contribution >= 4 is 29.7 Å². The van der Waals surface area contributed by atoms with Crippen molar-refractivity contribution in [3.63, 3.8) is 0 Å². The van der Waals surface area contributed by atoms with Crippen LogP contribution in [-0.4, -0.2) is 29.7 Å². The Kier molecular flexibility index (Phi) is 2.49. The Morgan fingerprint density at radius 3 is 1.43 bits per heavy atom. The lowest BCUT2D eigenvalue weighted by Crippen LogP contribution is -2.48. The van der Waals surface area contributed by atoms with E-state index >= 15 is 0 Å². The second-order valence-electron chi connectivity index (χ2n) is 10.3. The first-order valence-corrected chi connectivity index (χ1v) is 10.4. The molecule has 7 heteroatoms. The summed E-state index contributed by atoms with van der Waals surface area (Å²) in [6.45, 7) is 0. The molecular formula is C21H20O7. The van der Waals surface area contributed by atoms with Gasteiger partial charge >= 0.3 is 23.9 Å². The van der Waals surface area contributed by atoms with E-state index in [1.807, 2.05) is 0 Å². The third-order valence-electron chi connectivity index (χ3n) is 9.85. The fourth-order valence-electron chi connectivity index (χ4n) is 9.16. The number of hydrogen-bond donors (Lipinski definition) is 0. The summed E-state index contributed by atoms with van der Waals surface area (Å²) in [4.78, 5) is 62.8. The van der Waals surface area contributed by atoms with E-state index < -0.39 is 46.5 Å². The van der Waals surface area contributed by atoms with Crippen LogP contribution in [0.4, 0.5) is 0 Å². The standard InChI is InChI=1S/C21H20O7/c22-15-11-7-3-9(13(11)17(24)27-15)20(5-7)1-2-21(19(20)26)6-8-4-10(21)14-12(8)16(23)28-18(14)25/h7-14H,1-6H2/t7-,8+,9-,10+,11-,12+,13+,14-,20-,21-/m1/s1. The molecule has 0 radical (unpaired) electrons. The summed E-state index contributed by atoms with van der Waals surface area (Å²) in [6, 6.07) is 0. The van der Waals surface area contributed by atoms with Gasteiger partial charge in [-0.1, -0.05) is 0 Å². The highest BCUT2D eigenvalue weighted by molar-refractivity contribution is 6.02. The molecule has 2 saturated heterocycles. The average molecular weight is 384 g/mol. The Balaban J connectivity index is 1.27. The third kappa shape index (κ3) is 1.40. The number of ether oxygens (including phenoxy) is 2. The highest BCUT2D eigenvalue weighted by Crippen LogP contribution is 2.75. The number of Topliss-reactive ketones (excluding diaryl/α,β-unsaturated/α-hetero) is 1. The van der Waals surface area contributed by atoms with Crippen LogP contribution in [0.5, 0.6) is 0 Å². The topological polar surface area (TPSA) is 104 Å². The molecule has 5 saturated carbocycles. The zero-order chi connectivity index (χ0) is 19.2. The fourth-order valence-corrected chi connectivity index (χ4v) is 9.16. The van der Waals surface area contributed by atoms with Gasteiger partial charge in [-0.25, -0.2) is 0 Å². The zero-order valence-electron chi connectivity index (χ0n) is 15.2. The molecule has 28 heavy (non-hydrogen) atoms. The molecule has 4 bridgehead atoms. The normalized spacial score (nSPS) is 57.6. The Bertz CT molecular complexity index is 850. The molecule has 7 nitrogen and oxygen atoms in total. The maximum Gasteiger partial charge on any atom is 0.317 e. The smallest absolute Gasteiger partial charge is 0.317 e. The van der Waals surface area contributed by atoms with E-state index in [4.69, 9.17) is 9.47 Å². The lowest BCUT2D eigenvalue weighted by molar-refractivity contribution is -0.156. The predicted molar refractivity (Wildman–Crippen MR) is 87.7 cm³/mol. The van der Waals surface area contributed by atoms with E-state index in [1.54, 1.807) is 0 Å². The molecule has 2 spiro atoms. The number of esters is 4. The minimum atomic E-state index is -0.554. The molecule has 0 N–H and O–H groups in total. The van der Waals surface area contributed by atoms with Gasteiger partial charge < -0.3 is 9.47 Å². The van der Waals surface area contributed by atoms with Crippen LogP contribution >= 0.6 is 0 Å². The van der Waals surface area contributed by atoms with Crippen LogP contribution < -0.4 is 0 Å². The van der Waals surface area contributed by atoms with E-state index in [1.165, 1.54) is 0 Å². The van der Waals surface area contributed by atoms with Gasteiger partial charge in [-0.15, -0.1) is 0 Å². The van der Waals surface area contributed by atoms with E-state index in [0.29, 0.717) is 12.8 Å². The first-order valence-electron chi connectivity index (χ1n) is 10.4. The maximum atomic E-state index is 14.0. The molecule has 0 aromatic rings. The molecule has 2 aliphatic heterocycles. The predicted octanol–water partition coefficient (Wildman–Crippen LogP) is 1.03. The van der Waals surface area contributed by atoms with Gasteiger partial charge in [0, 0.05) is 10.8 Å². The van der Waals surface area contributed by atoms with Crippen molar-refractivity contribution in [3.8, 4) is 0 Å². The summed E-state index contributed by atoms with van der Waals surface area (Å²) in [7, 11) is 0. The minimum Gasteiger partial charge on any atom is -0.393 e. The third-order valence-corrected chi connectivity index (χ3v) is 9.85. The van der Waals surface area contributed by atoms with Crippen LogP contribution in [0.1, 0.15) is 38.5 Å². The van der Waals surface area contributed by atoms with Crippen molar-refractivity contribution in [2.24, 2.45) is 58.2 Å². The van der Waals surface area contributed by atoms with Gasteiger partial charge in [-0.3, -0.25) is 24.0 Å². The highest BCUT2D eigenvalue weighted by atomic mass is 16.6. The quantitative estimate of drug-likeness (QED) is 0.454. The minimum absolute atomic E-state index is 0.0532. The molecule has 146 valence electrons. The number of ketones is 1. The molecule has 7 aliphatic rings. The molecule has 0 unspecified atom stereocenters. The fraction of sp³-hybridized carbons (Fsp3) is 0.762. The first kappa shape index (κ1) is 15.8. The van der Waals surface area contributed by atoms with Crippen molar-refractivity contribution in [2.45, 2.75) is 38.5 Å². The summed E-state index contributed by atoms with van der Waals surface area (Å²) in [6.07, 6.45) is 4.27. The number of carbonyl (C=O) groups is 5. The summed E-state index contributed by atoms with van der Waals surface area (Å²) >= 11 is 0. The number of fused-ring (bicyclic) bond motifs is 12. The maximum absolute atomic E-state index is 14.0. The summed E-state index contributed by atoms with van der Waals surface area (Å²) in [5.41, 5.74) is -1.11. The van der Waals surface area contributed by atoms with Crippen molar-refractivity contribution in [2.75, 3.05) is 0 Å². The van der Waals surface area contributed by atoms with Crippen LogP contribution in [0.2, 0.25) is 0 Å². The first-order chi connectivity index (χ1) is 13.4. The lowest BCUT2D eigenvalue weighted by atomic mass is 9.58. The average Bonchev–Trinajstić information content (AvgIpc) is 3.46. The largest absolute Gasteiger partial charge is 0.393 e. The van der Waals surface area contributed by atoms with Gasteiger partial charge in [0.15, 0.2) is 0 Å². The van der Waals surface area contributed by atoms with E-state index in [2.05, 4.69) is 0 Å². The van der Waals surface area contributed by atoms with Gasteiger partial charge in [-0.05, 0) is 62.2 Å². The van der Waals surface area contributed by atoms with E-state index in [0.717, 1.165) is 25.7 Å². The Morgan fingerprint density at radius 2 is 1.00 bits per heavy atom. The molecule has 0 aromatic heterocycles. The monoisotopic (exact) mass is 384 g/mol. The molecule has 7 fully saturated rings. The molecule has 10 atom stereocenters. The Hall–Kier alpha value is -2.05. The summed E-state index contributed by atoms with van der Waals surface area (Å²) in [5, 5.41) is 0. The van der Waals surface area contributed by atoms with Gasteiger partial charge in [-0.2, -0.15) is 0 Å². The Morgan fingerprint density at radius 1 is 0.607 bits per heavy atom. The molecule has 5 aliphatic carbocycles. The van der Waals surface area contributed by atoms with Gasteiger partial charge in [0.1, 0.15) is 5.78 Å². The van der Waals surface area contributed by atoms with Crippen molar-refractivity contribution in [1.82, 2.24) is 0 Å². The van der Waals surface area contributed by atoms with E-state index in [9.17, 15) is 24.0 Å². The van der Waals surface area contributed by atoms with Crippen LogP contribution in [0.3, 0.4) is 0 Å². The lowest BCUT2D eigenvalue weighted by Gasteiger charge is -2.41. The van der Waals surface area contributed by atoms with Gasteiger partial charge in [0.25, 0.3) is 0 Å². The van der Waals surface area contributed by atoms with Crippen molar-refractivity contribution < 1.29 is 33.4 Å². The molecule has 2 heterocycles. The number of cyclic esters (lactones) is 4. The number of hydrogen-bond acceptors (Lipinski definition) is 7. The number of carbonyl (C=O) groups excluding carboxylic acids is 5. The second kappa shape index (κ2) is 4.41. The summed E-state index contributed by atoms with van der Waals surface area (Å²) < 4.78 is 9.82. The van der Waals surface area contributed by atoms with E-state index in [-0.39, 0.29) is 41.3 Å². The SMILES string of the molecule is O=C1OC(=O)[C@@H]2[C@H]1[C@@H]1C[C@H]2[C@@]2(CC[C@]3(C[C@@H]4C[C@H]3[C@H]3C(=O)OC(=O)[C@@H]43)C2=O)C1. The Labute approximate surface area is 160 Å². The van der Waals surface area contributed by atoms with Gasteiger partial charge in [0.2, 0.25) is 0 Å². The van der Waals surface area contributed by atoms with Gasteiger partial charge in [0.05, 0.1) is 23.7 Å².